The Balaban J connectivity index is 1.83. The number of phenolic OH excluding ortho intramolecular Hbond substituents is 1. The summed E-state index contributed by atoms with van der Waals surface area (Å²) < 4.78 is 0.586. The Hall–Kier alpha value is -3.12. The zero-order valence-electron chi connectivity index (χ0n) is 16.2. The summed E-state index contributed by atoms with van der Waals surface area (Å²) in [5, 5.41) is 11.0. The summed E-state index contributed by atoms with van der Waals surface area (Å²) in [6, 6.07) is 15.6. The number of benzene rings is 2. The van der Waals surface area contributed by atoms with Gasteiger partial charge in [0.1, 0.15) is 11.6 Å². The van der Waals surface area contributed by atoms with Crippen LogP contribution in [0, 0.1) is 0 Å². The summed E-state index contributed by atoms with van der Waals surface area (Å²) in [7, 11) is 0. The minimum Gasteiger partial charge on any atom is -0.506 e. The van der Waals surface area contributed by atoms with Crippen molar-refractivity contribution in [1.29, 1.82) is 0 Å². The SMILES string of the molecule is Nc1ccc2[nH]c(-c3c(O)c(Br)cc4c3C(=O)CCC4)c(Cc3ccccc3)c2n1. The molecular weight excluding hydrogens is 442 g/mol. The summed E-state index contributed by atoms with van der Waals surface area (Å²) in [5.41, 5.74) is 12.4. The third-order valence-electron chi connectivity index (χ3n) is 5.70. The molecule has 1 aliphatic carbocycles. The number of anilines is 1. The Morgan fingerprint density at radius 1 is 1.10 bits per heavy atom. The van der Waals surface area contributed by atoms with E-state index in [0.29, 0.717) is 34.3 Å². The van der Waals surface area contributed by atoms with Crippen LogP contribution in [0.25, 0.3) is 22.3 Å². The molecular formula is C24H20BrN3O2. The van der Waals surface area contributed by atoms with Crippen LogP contribution in [-0.2, 0) is 12.8 Å². The van der Waals surface area contributed by atoms with Crippen LogP contribution < -0.4 is 5.73 Å². The number of nitrogens with two attached hydrogens (primary N) is 1. The summed E-state index contributed by atoms with van der Waals surface area (Å²) >= 11 is 3.48. The van der Waals surface area contributed by atoms with Crippen LogP contribution in [0.1, 0.15) is 39.9 Å². The molecule has 5 rings (SSSR count). The van der Waals surface area contributed by atoms with Crippen molar-refractivity contribution in [2.75, 3.05) is 5.73 Å². The molecule has 0 bridgehead atoms. The number of nitrogens with one attached hydrogen (secondary N) is 1. The summed E-state index contributed by atoms with van der Waals surface area (Å²) in [6.07, 6.45) is 2.72. The van der Waals surface area contributed by atoms with Crippen molar-refractivity contribution in [3.8, 4) is 17.0 Å². The normalized spacial score (nSPS) is 13.6. The first-order valence-corrected chi connectivity index (χ1v) is 10.7. The highest BCUT2D eigenvalue weighted by molar-refractivity contribution is 9.10. The van der Waals surface area contributed by atoms with Crippen LogP contribution in [0.5, 0.6) is 5.75 Å². The molecule has 0 radical (unpaired) electrons. The fourth-order valence-electron chi connectivity index (χ4n) is 4.33. The molecule has 0 aliphatic heterocycles. The van der Waals surface area contributed by atoms with Crippen molar-refractivity contribution in [1.82, 2.24) is 9.97 Å². The number of Topliss-reactive ketones (excluding diaryl/α,β-unsaturated/α-hetero) is 1. The van der Waals surface area contributed by atoms with E-state index in [1.807, 2.05) is 30.3 Å². The zero-order chi connectivity index (χ0) is 20.8. The van der Waals surface area contributed by atoms with Crippen molar-refractivity contribution in [3.05, 3.63) is 75.3 Å². The van der Waals surface area contributed by atoms with Crippen molar-refractivity contribution < 1.29 is 9.90 Å². The second kappa shape index (κ2) is 7.29. The van der Waals surface area contributed by atoms with Gasteiger partial charge in [-0.2, -0.15) is 0 Å². The predicted molar refractivity (Wildman–Crippen MR) is 122 cm³/mol. The topological polar surface area (TPSA) is 92.0 Å². The van der Waals surface area contributed by atoms with Crippen LogP contribution in [-0.4, -0.2) is 20.9 Å². The number of fused-ring (bicyclic) bond motifs is 2. The van der Waals surface area contributed by atoms with Gasteiger partial charge in [0.2, 0.25) is 0 Å². The van der Waals surface area contributed by atoms with Crippen LogP contribution in [0.4, 0.5) is 5.82 Å². The van der Waals surface area contributed by atoms with Gasteiger partial charge in [-0.15, -0.1) is 0 Å². The molecule has 6 heteroatoms. The molecule has 0 saturated heterocycles. The van der Waals surface area contributed by atoms with Gasteiger partial charge in [-0.3, -0.25) is 4.79 Å². The van der Waals surface area contributed by atoms with Crippen LogP contribution in [0.2, 0.25) is 0 Å². The molecule has 0 amide bonds. The summed E-state index contributed by atoms with van der Waals surface area (Å²) in [4.78, 5) is 20.9. The fraction of sp³-hybridized carbons (Fsp3) is 0.167. The van der Waals surface area contributed by atoms with Crippen LogP contribution in [0.15, 0.2) is 53.0 Å². The maximum atomic E-state index is 12.9. The number of hydrogen-bond donors (Lipinski definition) is 3. The first kappa shape index (κ1) is 18.9. The number of rotatable bonds is 3. The van der Waals surface area contributed by atoms with Gasteiger partial charge >= 0.3 is 0 Å². The van der Waals surface area contributed by atoms with Gasteiger partial charge in [0.15, 0.2) is 5.78 Å². The van der Waals surface area contributed by atoms with E-state index >= 15 is 0 Å². The molecule has 2 aromatic heterocycles. The number of aromatic hydroxyl groups is 1. The smallest absolute Gasteiger partial charge is 0.163 e. The molecule has 0 unspecified atom stereocenters. The van der Waals surface area contributed by atoms with Gasteiger partial charge in [0.05, 0.1) is 26.8 Å². The quantitative estimate of drug-likeness (QED) is 0.381. The molecule has 0 atom stereocenters. The Labute approximate surface area is 182 Å². The number of halogens is 1. The number of hydrogen-bond acceptors (Lipinski definition) is 4. The van der Waals surface area contributed by atoms with Crippen molar-refractivity contribution in [2.24, 2.45) is 0 Å². The van der Waals surface area contributed by atoms with Crippen molar-refractivity contribution in [3.63, 3.8) is 0 Å². The van der Waals surface area contributed by atoms with E-state index in [1.54, 1.807) is 6.07 Å². The Morgan fingerprint density at radius 3 is 2.70 bits per heavy atom. The zero-order valence-corrected chi connectivity index (χ0v) is 17.8. The van der Waals surface area contributed by atoms with E-state index in [4.69, 9.17) is 5.73 Å². The molecule has 2 aromatic carbocycles. The average Bonchev–Trinajstić information content (AvgIpc) is 3.07. The minimum absolute atomic E-state index is 0.0610. The third kappa shape index (κ3) is 3.08. The monoisotopic (exact) mass is 461 g/mol. The van der Waals surface area contributed by atoms with E-state index in [2.05, 4.69) is 38.0 Å². The van der Waals surface area contributed by atoms with Crippen LogP contribution in [0.3, 0.4) is 0 Å². The van der Waals surface area contributed by atoms with Gasteiger partial charge in [0, 0.05) is 24.0 Å². The molecule has 0 spiro atoms. The van der Waals surface area contributed by atoms with E-state index in [-0.39, 0.29) is 11.5 Å². The van der Waals surface area contributed by atoms with Gasteiger partial charge in [0.25, 0.3) is 0 Å². The fourth-order valence-corrected chi connectivity index (χ4v) is 4.81. The number of aromatic nitrogens is 2. The number of carbonyl (C=O) groups excluding carboxylic acids is 1. The lowest BCUT2D eigenvalue weighted by Gasteiger charge is -2.21. The first-order valence-electron chi connectivity index (χ1n) is 9.92. The number of aryl methyl sites for hydroxylation is 1. The lowest BCUT2D eigenvalue weighted by Crippen LogP contribution is -2.13. The third-order valence-corrected chi connectivity index (χ3v) is 6.31. The first-order chi connectivity index (χ1) is 14.5. The van der Waals surface area contributed by atoms with Gasteiger partial charge in [-0.05, 0) is 58.1 Å². The van der Waals surface area contributed by atoms with Gasteiger partial charge in [-0.1, -0.05) is 30.3 Å². The maximum Gasteiger partial charge on any atom is 0.163 e. The highest BCUT2D eigenvalue weighted by Crippen LogP contribution is 2.45. The number of carbonyl (C=O) groups is 1. The van der Waals surface area contributed by atoms with Crippen molar-refractivity contribution in [2.45, 2.75) is 25.7 Å². The van der Waals surface area contributed by atoms with E-state index < -0.39 is 0 Å². The minimum atomic E-state index is 0.0610. The average molecular weight is 462 g/mol. The standard InChI is InChI=1S/C24H20BrN3O2/c25-16-12-14-7-4-8-18(29)20(14)21(24(16)30)23-15(11-13-5-2-1-3-6-13)22-17(27-23)9-10-19(26)28-22/h1-3,5-6,9-10,12,27,30H,4,7-8,11H2,(H2,26,28). The molecule has 150 valence electrons. The molecule has 1 aliphatic rings. The number of phenols is 1. The van der Waals surface area contributed by atoms with Crippen LogP contribution >= 0.6 is 15.9 Å². The second-order valence-electron chi connectivity index (χ2n) is 7.67. The number of nitrogens with zero attached hydrogens (tertiary/aromatic N) is 1. The van der Waals surface area contributed by atoms with E-state index in [9.17, 15) is 9.90 Å². The maximum absolute atomic E-state index is 12.9. The molecule has 2 heterocycles. The van der Waals surface area contributed by atoms with E-state index in [1.165, 1.54) is 0 Å². The molecule has 30 heavy (non-hydrogen) atoms. The number of pyridine rings is 1. The molecule has 0 fully saturated rings. The molecule has 4 N–H and O–H groups in total. The molecule has 5 nitrogen and oxygen atoms in total. The summed E-state index contributed by atoms with van der Waals surface area (Å²) in [6.45, 7) is 0. The Kier molecular flexibility index (Phi) is 4.59. The van der Waals surface area contributed by atoms with Gasteiger partial charge in [-0.25, -0.2) is 4.98 Å². The largest absolute Gasteiger partial charge is 0.506 e. The highest BCUT2D eigenvalue weighted by Gasteiger charge is 2.29. The Morgan fingerprint density at radius 2 is 1.90 bits per heavy atom. The van der Waals surface area contributed by atoms with Gasteiger partial charge < -0.3 is 15.8 Å². The predicted octanol–water partition coefficient (Wildman–Crippen LogP) is 5.39. The highest BCUT2D eigenvalue weighted by atomic mass is 79.9. The molecule has 0 saturated carbocycles. The number of ketones is 1. The lowest BCUT2D eigenvalue weighted by atomic mass is 9.84. The lowest BCUT2D eigenvalue weighted by molar-refractivity contribution is 0.0972. The van der Waals surface area contributed by atoms with E-state index in [0.717, 1.165) is 46.3 Å². The summed E-state index contributed by atoms with van der Waals surface area (Å²) in [5.74, 6) is 0.558. The van der Waals surface area contributed by atoms with Crippen molar-refractivity contribution >= 4 is 38.6 Å². The number of aromatic amines is 1. The Bertz CT molecular complexity index is 1300. The molecule has 4 aromatic rings. The second-order valence-corrected chi connectivity index (χ2v) is 8.52. The number of H-pyrrole nitrogens is 1. The number of nitrogen functional groups attached to an aromatic ring is 1.